The molecule has 1 nitrogen and oxygen atoms in total. The van der Waals surface area contributed by atoms with Gasteiger partial charge in [-0.2, -0.15) is 4.20 Å². The van der Waals surface area contributed by atoms with Crippen LogP contribution in [-0.4, -0.2) is 0 Å². The predicted molar refractivity (Wildman–Crippen MR) is 16.0 cm³/mol. The van der Waals surface area contributed by atoms with E-state index in [0.717, 1.165) is 0 Å². The van der Waals surface area contributed by atoms with Crippen LogP contribution >= 0.6 is 18.7 Å². The molecule has 0 aromatic carbocycles. The van der Waals surface area contributed by atoms with Crippen LogP contribution in [0.5, 0.6) is 0 Å². The Labute approximate surface area is 28.5 Å². The summed E-state index contributed by atoms with van der Waals surface area (Å²) < 4.78 is 19.0. The second-order valence-corrected chi connectivity index (χ2v) is 1.57. The fourth-order valence-corrected chi connectivity index (χ4v) is 0. The third-order valence-corrected chi connectivity index (χ3v) is 0. The van der Waals surface area contributed by atoms with Crippen LogP contribution < -0.4 is 0 Å². The molecule has 0 saturated carbocycles. The van der Waals surface area contributed by atoms with Crippen molar-refractivity contribution in [2.45, 2.75) is 0 Å². The molecule has 0 saturated heterocycles. The minimum atomic E-state index is -3.16. The molecular weight excluding hydrogens is 101 g/mol. The number of rotatable bonds is 0. The zero-order valence-corrected chi connectivity index (χ0v) is 3.42. The normalized spacial score (nSPS) is 15.5. The minimum absolute atomic E-state index is 3.16. The van der Waals surface area contributed by atoms with Gasteiger partial charge in [0.15, 0.2) is 0 Å². The predicted octanol–water partition coefficient (Wildman–Crippen LogP) is 1.58. The van der Waals surface area contributed by atoms with Crippen LogP contribution in [-0.2, 0) is 4.57 Å². The maximum Gasteiger partial charge on any atom is 0.317 e. The van der Waals surface area contributed by atoms with Gasteiger partial charge in [-0.1, -0.05) is 0 Å². The Morgan fingerprint density at radius 2 is 2.00 bits per heavy atom. The van der Waals surface area contributed by atoms with Crippen LogP contribution in [0.1, 0.15) is 0 Å². The van der Waals surface area contributed by atoms with E-state index in [4.69, 9.17) is 4.57 Å². The topological polar surface area (TPSA) is 17.1 Å². The highest BCUT2D eigenvalue weighted by Crippen LogP contribution is 2.26. The quantitative estimate of drug-likeness (QED) is 0.425. The molecule has 0 aromatic heterocycles. The van der Waals surface area contributed by atoms with E-state index in [1.54, 1.807) is 0 Å². The lowest BCUT2D eigenvalue weighted by Crippen LogP contribution is -1.000. The number of hydrogen-bond donors (Lipinski definition) is 0. The van der Waals surface area contributed by atoms with E-state index in [0.29, 0.717) is 0 Å². The van der Waals surface area contributed by atoms with Gasteiger partial charge in [-0.15, -0.1) is 0 Å². The van der Waals surface area contributed by atoms with Crippen LogP contribution in [0.3, 0.4) is 0 Å². The molecule has 4 heavy (non-hydrogen) atoms. The standard InChI is InChI=1S/ClFHOP/c1-4(2)3/h4H. The summed E-state index contributed by atoms with van der Waals surface area (Å²) in [6.45, 7) is 0. The first kappa shape index (κ1) is 4.45. The van der Waals surface area contributed by atoms with Gasteiger partial charge in [0.1, 0.15) is 0 Å². The van der Waals surface area contributed by atoms with Gasteiger partial charge in [0.25, 0.3) is 0 Å². The summed E-state index contributed by atoms with van der Waals surface area (Å²) in [5, 5.41) is 0. The van der Waals surface area contributed by atoms with E-state index in [2.05, 4.69) is 11.2 Å². The molecule has 0 amide bonds. The zero-order valence-electron chi connectivity index (χ0n) is 1.66. The van der Waals surface area contributed by atoms with Gasteiger partial charge in [0.05, 0.1) is 0 Å². The van der Waals surface area contributed by atoms with Crippen molar-refractivity contribution in [1.82, 2.24) is 0 Å². The van der Waals surface area contributed by atoms with E-state index in [1.807, 2.05) is 0 Å². The van der Waals surface area contributed by atoms with Crippen molar-refractivity contribution >= 4 is 18.7 Å². The Morgan fingerprint density at radius 3 is 2.00 bits per heavy atom. The van der Waals surface area contributed by atoms with Gasteiger partial charge in [0, 0.05) is 0 Å². The molecule has 26 valence electrons. The second-order valence-electron chi connectivity index (χ2n) is 0.226. The monoisotopic (exact) mass is 102 g/mol. The molecule has 0 rings (SSSR count). The molecule has 0 spiro atoms. The molecular formula is HClFOP. The molecule has 0 N–H and O–H groups in total. The fourth-order valence-electron chi connectivity index (χ4n) is 0. The van der Waals surface area contributed by atoms with Gasteiger partial charge in [-0.05, 0) is 11.2 Å². The van der Waals surface area contributed by atoms with Crippen LogP contribution in [0.25, 0.3) is 0 Å². The smallest absolute Gasteiger partial charge is 0.273 e. The molecule has 0 aliphatic rings. The van der Waals surface area contributed by atoms with Gasteiger partial charge in [-0.3, -0.25) is 4.57 Å². The van der Waals surface area contributed by atoms with Crippen LogP contribution in [0.2, 0.25) is 0 Å². The van der Waals surface area contributed by atoms with Crippen molar-refractivity contribution in [3.63, 3.8) is 0 Å². The van der Waals surface area contributed by atoms with Crippen molar-refractivity contribution in [2.75, 3.05) is 0 Å². The van der Waals surface area contributed by atoms with Crippen molar-refractivity contribution in [1.29, 1.82) is 0 Å². The minimum Gasteiger partial charge on any atom is -0.273 e. The first-order valence-corrected chi connectivity index (χ1v) is 2.88. The lowest BCUT2D eigenvalue weighted by Gasteiger charge is -1.51. The van der Waals surface area contributed by atoms with Crippen LogP contribution in [0, 0.1) is 0 Å². The Kier molecular flexibility index (Phi) is 1.94. The summed E-state index contributed by atoms with van der Waals surface area (Å²) in [5.74, 6) is 0. The lowest BCUT2D eigenvalue weighted by molar-refractivity contribution is 0.571. The maximum absolute atomic E-state index is 10.3. The molecule has 0 aromatic rings. The van der Waals surface area contributed by atoms with Crippen LogP contribution in [0.4, 0.5) is 4.20 Å². The Bertz CT molecular complexity index is 31.0. The van der Waals surface area contributed by atoms with E-state index in [9.17, 15) is 4.20 Å². The molecule has 0 fully saturated rings. The van der Waals surface area contributed by atoms with Crippen molar-refractivity contribution in [3.05, 3.63) is 0 Å². The summed E-state index contributed by atoms with van der Waals surface area (Å²) in [7, 11) is -3.16. The van der Waals surface area contributed by atoms with E-state index >= 15 is 0 Å². The molecule has 0 aliphatic carbocycles. The highest BCUT2D eigenvalue weighted by atomic mass is 35.7. The first-order valence-electron chi connectivity index (χ1n) is 0.582. The second kappa shape index (κ2) is 1.74. The fraction of sp³-hybridized carbons (Fsp3) is 0. The highest BCUT2D eigenvalue weighted by Gasteiger charge is 1.69. The number of halogens is 2. The zero-order chi connectivity index (χ0) is 3.58. The average Bonchev–Trinajstić information content (AvgIpc) is 0.811. The number of hydrogen-bond acceptors (Lipinski definition) is 1. The molecule has 1 unspecified atom stereocenters. The Balaban J connectivity index is 2.80. The summed E-state index contributed by atoms with van der Waals surface area (Å²) in [6, 6.07) is 0. The average molecular weight is 102 g/mol. The van der Waals surface area contributed by atoms with Gasteiger partial charge in [-0.25, -0.2) is 0 Å². The van der Waals surface area contributed by atoms with Crippen molar-refractivity contribution in [3.8, 4) is 0 Å². The molecule has 0 bridgehead atoms. The van der Waals surface area contributed by atoms with Gasteiger partial charge >= 0.3 is 7.46 Å². The molecule has 1 atom stereocenters. The molecule has 0 heterocycles. The van der Waals surface area contributed by atoms with Crippen molar-refractivity contribution in [2.24, 2.45) is 0 Å². The van der Waals surface area contributed by atoms with E-state index in [-0.39, 0.29) is 0 Å². The largest absolute Gasteiger partial charge is 0.317 e. The van der Waals surface area contributed by atoms with Gasteiger partial charge < -0.3 is 0 Å². The first-order chi connectivity index (χ1) is 1.73. The van der Waals surface area contributed by atoms with Crippen molar-refractivity contribution < 1.29 is 8.76 Å². The molecule has 0 aliphatic heterocycles. The lowest BCUT2D eigenvalue weighted by atomic mass is 16.0. The van der Waals surface area contributed by atoms with E-state index < -0.39 is 7.46 Å². The molecule has 0 radical (unpaired) electrons. The third-order valence-electron chi connectivity index (χ3n) is 0. The highest BCUT2D eigenvalue weighted by molar-refractivity contribution is 7.69. The summed E-state index contributed by atoms with van der Waals surface area (Å²) >= 11 is 4.15. The summed E-state index contributed by atoms with van der Waals surface area (Å²) in [5.41, 5.74) is 0. The van der Waals surface area contributed by atoms with Gasteiger partial charge in [0.2, 0.25) is 0 Å². The Hall–Kier alpha value is 0.450. The Morgan fingerprint density at radius 1 is 2.00 bits per heavy atom. The SMILES string of the molecule is O=[PH](F)Cl. The maximum atomic E-state index is 10.3. The third kappa shape index (κ3) is 25.4. The summed E-state index contributed by atoms with van der Waals surface area (Å²) in [6.07, 6.45) is 0. The van der Waals surface area contributed by atoms with Crippen LogP contribution in [0.15, 0.2) is 0 Å². The van der Waals surface area contributed by atoms with E-state index in [1.165, 1.54) is 0 Å². The molecule has 4 heteroatoms. The summed E-state index contributed by atoms with van der Waals surface area (Å²) in [4.78, 5) is 0.